The van der Waals surface area contributed by atoms with Crippen LogP contribution in [0.4, 0.5) is 5.69 Å². The Morgan fingerprint density at radius 3 is 2.92 bits per heavy atom. The van der Waals surface area contributed by atoms with E-state index in [0.29, 0.717) is 12.5 Å². The number of aromatic nitrogens is 2. The molecule has 5 nitrogen and oxygen atoms in total. The molecule has 124 valence electrons. The maximum atomic E-state index is 12.0. The minimum Gasteiger partial charge on any atom is -0.493 e. The molecule has 0 atom stereocenters. The first-order valence-corrected chi connectivity index (χ1v) is 8.62. The van der Waals surface area contributed by atoms with Gasteiger partial charge in [-0.2, -0.15) is 0 Å². The van der Waals surface area contributed by atoms with Crippen molar-refractivity contribution in [1.82, 2.24) is 9.38 Å². The summed E-state index contributed by atoms with van der Waals surface area (Å²) >= 11 is 1.56. The molecule has 0 fully saturated rings. The van der Waals surface area contributed by atoms with Crippen LogP contribution in [-0.2, 0) is 4.79 Å². The molecule has 3 rings (SSSR count). The molecule has 3 aromatic rings. The number of thiazole rings is 1. The predicted molar refractivity (Wildman–Crippen MR) is 97.5 cm³/mol. The monoisotopic (exact) mass is 341 g/mol. The second-order valence-electron chi connectivity index (χ2n) is 5.79. The Hall–Kier alpha value is -2.60. The zero-order valence-electron chi connectivity index (χ0n) is 13.6. The number of imidazole rings is 1. The van der Waals surface area contributed by atoms with Crippen LogP contribution in [0.5, 0.6) is 5.75 Å². The molecule has 0 aliphatic carbocycles. The second-order valence-corrected chi connectivity index (χ2v) is 6.66. The van der Waals surface area contributed by atoms with Crippen LogP contribution in [0.1, 0.15) is 19.5 Å². The Balaban J connectivity index is 1.58. The van der Waals surface area contributed by atoms with Crippen molar-refractivity contribution in [3.05, 3.63) is 53.8 Å². The fourth-order valence-electron chi connectivity index (χ4n) is 2.11. The first kappa shape index (κ1) is 16.3. The number of amides is 1. The highest BCUT2D eigenvalue weighted by Gasteiger charge is 2.03. The van der Waals surface area contributed by atoms with Crippen molar-refractivity contribution in [2.45, 2.75) is 13.8 Å². The van der Waals surface area contributed by atoms with Crippen LogP contribution >= 0.6 is 11.3 Å². The molecule has 2 aromatic heterocycles. The van der Waals surface area contributed by atoms with Crippen LogP contribution in [0.15, 0.2) is 48.1 Å². The molecule has 1 N–H and O–H groups in total. The van der Waals surface area contributed by atoms with E-state index in [9.17, 15) is 4.79 Å². The van der Waals surface area contributed by atoms with E-state index < -0.39 is 0 Å². The van der Waals surface area contributed by atoms with Gasteiger partial charge in [-0.25, -0.2) is 4.98 Å². The van der Waals surface area contributed by atoms with E-state index >= 15 is 0 Å². The summed E-state index contributed by atoms with van der Waals surface area (Å²) in [5.74, 6) is 1.10. The number of hydrogen-bond acceptors (Lipinski definition) is 4. The topological polar surface area (TPSA) is 55.6 Å². The standard InChI is InChI=1S/C18H19N3O2S/c1-13(2)12-23-16-6-3-14(4-7-16)20-17(22)8-5-15-11-19-18-21(15)9-10-24-18/h3-11,13H,12H2,1-2H3,(H,20,22)/b8-5+. The number of rotatable bonds is 6. The van der Waals surface area contributed by atoms with Gasteiger partial charge in [-0.1, -0.05) is 13.8 Å². The average Bonchev–Trinajstić information content (AvgIpc) is 3.16. The van der Waals surface area contributed by atoms with E-state index in [4.69, 9.17) is 4.74 Å². The predicted octanol–water partition coefficient (Wildman–Crippen LogP) is 4.08. The maximum absolute atomic E-state index is 12.0. The maximum Gasteiger partial charge on any atom is 0.248 e. The molecule has 0 unspecified atom stereocenters. The molecule has 0 spiro atoms. The lowest BCUT2D eigenvalue weighted by Crippen LogP contribution is -2.08. The second kappa shape index (κ2) is 7.31. The molecule has 0 aliphatic rings. The number of ether oxygens (including phenoxy) is 1. The van der Waals surface area contributed by atoms with Gasteiger partial charge in [-0.3, -0.25) is 9.20 Å². The SMILES string of the molecule is CC(C)COc1ccc(NC(=O)/C=C/c2cnc3sccn23)cc1. The third-order valence-electron chi connectivity index (χ3n) is 3.29. The van der Waals surface area contributed by atoms with E-state index in [1.54, 1.807) is 23.6 Å². The van der Waals surface area contributed by atoms with Crippen molar-refractivity contribution < 1.29 is 9.53 Å². The van der Waals surface area contributed by atoms with E-state index in [0.717, 1.165) is 22.1 Å². The summed E-state index contributed by atoms with van der Waals surface area (Å²) in [7, 11) is 0. The third-order valence-corrected chi connectivity index (χ3v) is 4.06. The smallest absolute Gasteiger partial charge is 0.248 e. The Morgan fingerprint density at radius 1 is 1.38 bits per heavy atom. The van der Waals surface area contributed by atoms with Gasteiger partial charge < -0.3 is 10.1 Å². The molecule has 2 heterocycles. The van der Waals surface area contributed by atoms with Gasteiger partial charge in [0, 0.05) is 23.3 Å². The number of anilines is 1. The zero-order valence-corrected chi connectivity index (χ0v) is 14.4. The highest BCUT2D eigenvalue weighted by molar-refractivity contribution is 7.15. The first-order valence-electron chi connectivity index (χ1n) is 7.74. The van der Waals surface area contributed by atoms with Crippen LogP contribution < -0.4 is 10.1 Å². The molecule has 0 saturated heterocycles. The first-order chi connectivity index (χ1) is 11.6. The Morgan fingerprint density at radius 2 is 2.17 bits per heavy atom. The number of carbonyl (C=O) groups excluding carboxylic acids is 1. The van der Waals surface area contributed by atoms with Gasteiger partial charge >= 0.3 is 0 Å². The minimum atomic E-state index is -0.184. The van der Waals surface area contributed by atoms with Crippen LogP contribution in [0.3, 0.4) is 0 Å². The van der Waals surface area contributed by atoms with Crippen molar-refractivity contribution in [1.29, 1.82) is 0 Å². The lowest BCUT2D eigenvalue weighted by Gasteiger charge is -2.09. The summed E-state index contributed by atoms with van der Waals surface area (Å²) in [6.45, 7) is 4.88. The van der Waals surface area contributed by atoms with E-state index in [-0.39, 0.29) is 5.91 Å². The van der Waals surface area contributed by atoms with Crippen molar-refractivity contribution in [2.75, 3.05) is 11.9 Å². The summed E-state index contributed by atoms with van der Waals surface area (Å²) in [4.78, 5) is 17.2. The normalized spacial score (nSPS) is 11.5. The number of hydrogen-bond donors (Lipinski definition) is 1. The molecular formula is C18H19N3O2S. The Labute approximate surface area is 144 Å². The summed E-state index contributed by atoms with van der Waals surface area (Å²) in [6, 6.07) is 7.37. The molecule has 0 aliphatic heterocycles. The lowest BCUT2D eigenvalue weighted by molar-refractivity contribution is -0.111. The van der Waals surface area contributed by atoms with E-state index in [2.05, 4.69) is 24.1 Å². The number of nitrogens with zero attached hydrogens (tertiary/aromatic N) is 2. The summed E-state index contributed by atoms with van der Waals surface area (Å²) in [5.41, 5.74) is 1.61. The van der Waals surface area contributed by atoms with Crippen molar-refractivity contribution >= 4 is 34.0 Å². The molecule has 0 saturated carbocycles. The van der Waals surface area contributed by atoms with Crippen LogP contribution in [0.25, 0.3) is 11.0 Å². The molecule has 0 radical (unpaired) electrons. The molecule has 6 heteroatoms. The van der Waals surface area contributed by atoms with Gasteiger partial charge in [0.2, 0.25) is 5.91 Å². The fourth-order valence-corrected chi connectivity index (χ4v) is 2.81. The van der Waals surface area contributed by atoms with Gasteiger partial charge in [0.1, 0.15) is 5.75 Å². The van der Waals surface area contributed by atoms with Crippen LogP contribution in [0.2, 0.25) is 0 Å². The van der Waals surface area contributed by atoms with Gasteiger partial charge in [0.05, 0.1) is 18.5 Å². The highest BCUT2D eigenvalue weighted by atomic mass is 32.1. The molecular weight excluding hydrogens is 322 g/mol. The van der Waals surface area contributed by atoms with Crippen LogP contribution in [0, 0.1) is 5.92 Å². The summed E-state index contributed by atoms with van der Waals surface area (Å²) in [5, 5.41) is 4.79. The average molecular weight is 341 g/mol. The molecule has 1 amide bonds. The van der Waals surface area contributed by atoms with Gasteiger partial charge in [-0.05, 0) is 36.3 Å². The van der Waals surface area contributed by atoms with E-state index in [1.165, 1.54) is 6.08 Å². The van der Waals surface area contributed by atoms with Crippen molar-refractivity contribution in [2.24, 2.45) is 5.92 Å². The molecule has 0 bridgehead atoms. The lowest BCUT2D eigenvalue weighted by atomic mass is 10.2. The number of fused-ring (bicyclic) bond motifs is 1. The largest absolute Gasteiger partial charge is 0.493 e. The molecule has 1 aromatic carbocycles. The molecule has 24 heavy (non-hydrogen) atoms. The Bertz CT molecular complexity index is 847. The highest BCUT2D eigenvalue weighted by Crippen LogP contribution is 2.17. The van der Waals surface area contributed by atoms with Gasteiger partial charge in [-0.15, -0.1) is 11.3 Å². The summed E-state index contributed by atoms with van der Waals surface area (Å²) in [6.07, 6.45) is 6.93. The van der Waals surface area contributed by atoms with E-state index in [1.807, 2.05) is 40.2 Å². The summed E-state index contributed by atoms with van der Waals surface area (Å²) < 4.78 is 7.56. The number of carbonyl (C=O) groups is 1. The van der Waals surface area contributed by atoms with Gasteiger partial charge in [0.25, 0.3) is 0 Å². The Kier molecular flexibility index (Phi) is 4.96. The minimum absolute atomic E-state index is 0.184. The van der Waals surface area contributed by atoms with Crippen molar-refractivity contribution in [3.63, 3.8) is 0 Å². The number of nitrogens with one attached hydrogen (secondary N) is 1. The fraction of sp³-hybridized carbons (Fsp3) is 0.222. The van der Waals surface area contributed by atoms with Gasteiger partial charge in [0.15, 0.2) is 4.96 Å². The quantitative estimate of drug-likeness (QED) is 0.687. The van der Waals surface area contributed by atoms with Crippen molar-refractivity contribution in [3.8, 4) is 5.75 Å². The third kappa shape index (κ3) is 4.02. The zero-order chi connectivity index (χ0) is 16.9. The number of benzene rings is 1. The van der Waals surface area contributed by atoms with Crippen LogP contribution in [-0.4, -0.2) is 21.9 Å².